The summed E-state index contributed by atoms with van der Waals surface area (Å²) in [5.74, 6) is 0.518. The van der Waals surface area contributed by atoms with E-state index in [4.69, 9.17) is 0 Å². The predicted molar refractivity (Wildman–Crippen MR) is 80.8 cm³/mol. The molecule has 108 valence electrons. The molecule has 1 nitrogen and oxygen atoms in total. The third-order valence-electron chi connectivity index (χ3n) is 3.53. The van der Waals surface area contributed by atoms with Crippen LogP contribution < -0.4 is 5.32 Å². The molecule has 2 atom stereocenters. The number of hydrogen-bond donors (Lipinski definition) is 1. The summed E-state index contributed by atoms with van der Waals surface area (Å²) < 4.78 is 13.3. The summed E-state index contributed by atoms with van der Waals surface area (Å²) >= 11 is 0. The van der Waals surface area contributed by atoms with Crippen molar-refractivity contribution in [3.63, 3.8) is 0 Å². The SMILES string of the molecule is CNC(CC(C)CC(C)(C)C)c1ccc(F)c(C)c1. The summed E-state index contributed by atoms with van der Waals surface area (Å²) in [7, 11) is 1.98. The topological polar surface area (TPSA) is 12.0 Å². The minimum Gasteiger partial charge on any atom is -0.313 e. The van der Waals surface area contributed by atoms with Crippen molar-refractivity contribution in [2.75, 3.05) is 7.05 Å². The Morgan fingerprint density at radius 1 is 1.26 bits per heavy atom. The summed E-state index contributed by atoms with van der Waals surface area (Å²) in [5.41, 5.74) is 2.26. The number of aryl methyl sites for hydroxylation is 1. The number of rotatable bonds is 5. The zero-order valence-corrected chi connectivity index (χ0v) is 13.2. The van der Waals surface area contributed by atoms with E-state index in [0.717, 1.165) is 12.0 Å². The lowest BCUT2D eigenvalue weighted by atomic mass is 9.82. The fourth-order valence-electron chi connectivity index (χ4n) is 2.84. The highest BCUT2D eigenvalue weighted by molar-refractivity contribution is 5.26. The fourth-order valence-corrected chi connectivity index (χ4v) is 2.84. The van der Waals surface area contributed by atoms with E-state index in [1.54, 1.807) is 6.07 Å². The van der Waals surface area contributed by atoms with Crippen LogP contribution in [0.15, 0.2) is 18.2 Å². The van der Waals surface area contributed by atoms with E-state index >= 15 is 0 Å². The van der Waals surface area contributed by atoms with Crippen LogP contribution in [0.2, 0.25) is 0 Å². The molecule has 0 amide bonds. The molecule has 0 saturated carbocycles. The van der Waals surface area contributed by atoms with Crippen LogP contribution in [-0.2, 0) is 0 Å². The minimum absolute atomic E-state index is 0.124. The Kier molecular flexibility index (Phi) is 5.54. The van der Waals surface area contributed by atoms with Gasteiger partial charge in [-0.05, 0) is 55.3 Å². The Labute approximate surface area is 117 Å². The number of halogens is 1. The van der Waals surface area contributed by atoms with E-state index in [1.165, 1.54) is 12.0 Å². The monoisotopic (exact) mass is 265 g/mol. The molecule has 1 aromatic carbocycles. The first-order valence-electron chi connectivity index (χ1n) is 7.16. The molecular weight excluding hydrogens is 237 g/mol. The van der Waals surface area contributed by atoms with Crippen molar-refractivity contribution < 1.29 is 4.39 Å². The van der Waals surface area contributed by atoms with Gasteiger partial charge in [-0.3, -0.25) is 0 Å². The van der Waals surface area contributed by atoms with Crippen molar-refractivity contribution in [1.82, 2.24) is 5.32 Å². The second-order valence-electron chi connectivity index (χ2n) is 6.96. The van der Waals surface area contributed by atoms with E-state index in [1.807, 2.05) is 26.1 Å². The Morgan fingerprint density at radius 2 is 1.89 bits per heavy atom. The molecule has 1 N–H and O–H groups in total. The molecule has 0 radical (unpaired) electrons. The highest BCUT2D eigenvalue weighted by Gasteiger charge is 2.19. The summed E-state index contributed by atoms with van der Waals surface area (Å²) in [5, 5.41) is 3.36. The first-order valence-corrected chi connectivity index (χ1v) is 7.16. The maximum absolute atomic E-state index is 13.3. The van der Waals surface area contributed by atoms with E-state index in [2.05, 4.69) is 33.0 Å². The van der Waals surface area contributed by atoms with E-state index in [9.17, 15) is 4.39 Å². The lowest BCUT2D eigenvalue weighted by Crippen LogP contribution is -2.21. The molecule has 1 rings (SSSR count). The van der Waals surface area contributed by atoms with Crippen LogP contribution in [0.25, 0.3) is 0 Å². The van der Waals surface area contributed by atoms with Gasteiger partial charge in [0.05, 0.1) is 0 Å². The highest BCUT2D eigenvalue weighted by Crippen LogP contribution is 2.30. The van der Waals surface area contributed by atoms with Crippen LogP contribution >= 0.6 is 0 Å². The lowest BCUT2D eigenvalue weighted by Gasteiger charge is -2.27. The van der Waals surface area contributed by atoms with Crippen molar-refractivity contribution in [1.29, 1.82) is 0 Å². The molecule has 0 heterocycles. The maximum atomic E-state index is 13.3. The van der Waals surface area contributed by atoms with Crippen LogP contribution in [-0.4, -0.2) is 7.05 Å². The van der Waals surface area contributed by atoms with Crippen LogP contribution in [0.1, 0.15) is 57.7 Å². The normalized spacial score (nSPS) is 15.3. The van der Waals surface area contributed by atoms with Gasteiger partial charge in [0, 0.05) is 6.04 Å². The molecule has 0 saturated heterocycles. The summed E-state index contributed by atoms with van der Waals surface area (Å²) in [6.45, 7) is 11.0. The van der Waals surface area contributed by atoms with Gasteiger partial charge in [0.15, 0.2) is 0 Å². The van der Waals surface area contributed by atoms with Gasteiger partial charge < -0.3 is 5.32 Å². The van der Waals surface area contributed by atoms with Crippen LogP contribution in [0.3, 0.4) is 0 Å². The molecule has 0 aliphatic rings. The van der Waals surface area contributed by atoms with E-state index < -0.39 is 0 Å². The van der Waals surface area contributed by atoms with Gasteiger partial charge in [-0.2, -0.15) is 0 Å². The molecule has 2 unspecified atom stereocenters. The van der Waals surface area contributed by atoms with Crippen molar-refractivity contribution in [2.45, 2.75) is 53.5 Å². The Morgan fingerprint density at radius 3 is 2.37 bits per heavy atom. The van der Waals surface area contributed by atoms with Gasteiger partial charge in [-0.15, -0.1) is 0 Å². The number of benzene rings is 1. The number of nitrogens with one attached hydrogen (secondary N) is 1. The average Bonchev–Trinajstić information content (AvgIpc) is 2.27. The minimum atomic E-state index is -0.124. The van der Waals surface area contributed by atoms with Gasteiger partial charge >= 0.3 is 0 Å². The molecule has 19 heavy (non-hydrogen) atoms. The first kappa shape index (κ1) is 16.2. The maximum Gasteiger partial charge on any atom is 0.126 e. The van der Waals surface area contributed by atoms with Gasteiger partial charge in [-0.25, -0.2) is 4.39 Å². The molecule has 2 heteroatoms. The van der Waals surface area contributed by atoms with Gasteiger partial charge in [-0.1, -0.05) is 39.8 Å². The zero-order valence-electron chi connectivity index (χ0n) is 13.2. The third-order valence-corrected chi connectivity index (χ3v) is 3.53. The largest absolute Gasteiger partial charge is 0.313 e. The van der Waals surface area contributed by atoms with E-state index in [0.29, 0.717) is 17.4 Å². The van der Waals surface area contributed by atoms with E-state index in [-0.39, 0.29) is 5.82 Å². The highest BCUT2D eigenvalue weighted by atomic mass is 19.1. The Bertz CT molecular complexity index is 406. The molecule has 0 aromatic heterocycles. The van der Waals surface area contributed by atoms with Gasteiger partial charge in [0.2, 0.25) is 0 Å². The summed E-state index contributed by atoms with van der Waals surface area (Å²) in [6, 6.07) is 5.73. The predicted octanol–water partition coefficient (Wildman–Crippen LogP) is 4.86. The van der Waals surface area contributed by atoms with Crippen molar-refractivity contribution in [3.8, 4) is 0 Å². The molecule has 0 spiro atoms. The molecule has 0 fully saturated rings. The average molecular weight is 265 g/mol. The zero-order chi connectivity index (χ0) is 14.6. The smallest absolute Gasteiger partial charge is 0.126 e. The quantitative estimate of drug-likeness (QED) is 0.802. The fraction of sp³-hybridized carbons (Fsp3) is 0.647. The number of hydrogen-bond acceptors (Lipinski definition) is 1. The molecule has 0 aliphatic carbocycles. The van der Waals surface area contributed by atoms with Crippen LogP contribution in [0.5, 0.6) is 0 Å². The first-order chi connectivity index (χ1) is 8.73. The summed E-state index contributed by atoms with van der Waals surface area (Å²) in [6.07, 6.45) is 2.28. The van der Waals surface area contributed by atoms with Crippen molar-refractivity contribution in [2.24, 2.45) is 11.3 Å². The Balaban J connectivity index is 2.75. The van der Waals surface area contributed by atoms with Gasteiger partial charge in [0.1, 0.15) is 5.82 Å². The van der Waals surface area contributed by atoms with Gasteiger partial charge in [0.25, 0.3) is 0 Å². The molecule has 0 bridgehead atoms. The summed E-state index contributed by atoms with van der Waals surface area (Å²) in [4.78, 5) is 0. The molecule has 1 aromatic rings. The van der Waals surface area contributed by atoms with Crippen LogP contribution in [0.4, 0.5) is 4.39 Å². The third kappa shape index (κ3) is 5.32. The molecular formula is C17H28FN. The Hall–Kier alpha value is -0.890. The lowest BCUT2D eigenvalue weighted by molar-refractivity contribution is 0.279. The van der Waals surface area contributed by atoms with Crippen molar-refractivity contribution >= 4 is 0 Å². The van der Waals surface area contributed by atoms with Crippen molar-refractivity contribution in [3.05, 3.63) is 35.1 Å². The standard InChI is InChI=1S/C17H28FN/c1-12(11-17(3,4)5)9-16(19-6)14-7-8-15(18)13(2)10-14/h7-8,10,12,16,19H,9,11H2,1-6H3. The molecule has 0 aliphatic heterocycles. The second kappa shape index (κ2) is 6.51. The van der Waals surface area contributed by atoms with Crippen LogP contribution in [0, 0.1) is 24.1 Å². The second-order valence-corrected chi connectivity index (χ2v) is 6.96.